The van der Waals surface area contributed by atoms with Gasteiger partial charge in [-0.2, -0.15) is 5.10 Å². The fourth-order valence-electron chi connectivity index (χ4n) is 1.70. The summed E-state index contributed by atoms with van der Waals surface area (Å²) in [5, 5.41) is 6.66. The van der Waals surface area contributed by atoms with Gasteiger partial charge in [0, 0.05) is 17.3 Å². The third-order valence-corrected chi connectivity index (χ3v) is 2.96. The van der Waals surface area contributed by atoms with Gasteiger partial charge in [0.2, 0.25) is 0 Å². The Bertz CT molecular complexity index is 460. The number of hydrogen-bond acceptors (Lipinski definition) is 1. The Balaban J connectivity index is 2.74. The third kappa shape index (κ3) is 1.46. The fourth-order valence-corrected chi connectivity index (χ4v) is 2.29. The van der Waals surface area contributed by atoms with Crippen molar-refractivity contribution in [1.29, 1.82) is 0 Å². The van der Waals surface area contributed by atoms with Gasteiger partial charge < -0.3 is 0 Å². The van der Waals surface area contributed by atoms with Crippen LogP contribution < -0.4 is 0 Å². The number of hydrogen-bond donors (Lipinski definition) is 0. The quantitative estimate of drug-likeness (QED) is 0.751. The lowest BCUT2D eigenvalue weighted by Gasteiger charge is -2.00. The van der Waals surface area contributed by atoms with Crippen LogP contribution in [0.3, 0.4) is 0 Å². The van der Waals surface area contributed by atoms with Crippen LogP contribution in [0.15, 0.2) is 18.2 Å². The van der Waals surface area contributed by atoms with E-state index in [0.717, 1.165) is 17.4 Å². The van der Waals surface area contributed by atoms with Crippen LogP contribution in [0.5, 0.6) is 0 Å². The SMILES string of the molecule is CCn1nc2ccc(C)cc2c1CBr. The van der Waals surface area contributed by atoms with Crippen LogP contribution in [0.4, 0.5) is 0 Å². The molecule has 3 heteroatoms. The van der Waals surface area contributed by atoms with Gasteiger partial charge in [0.05, 0.1) is 11.2 Å². The number of aromatic nitrogens is 2. The van der Waals surface area contributed by atoms with E-state index in [2.05, 4.69) is 57.8 Å². The molecular formula is C11H13BrN2. The van der Waals surface area contributed by atoms with Crippen molar-refractivity contribution in [3.63, 3.8) is 0 Å². The molecule has 2 rings (SSSR count). The zero-order valence-electron chi connectivity index (χ0n) is 8.42. The Kier molecular flexibility index (Phi) is 2.59. The van der Waals surface area contributed by atoms with Gasteiger partial charge in [-0.05, 0) is 26.0 Å². The van der Waals surface area contributed by atoms with Gasteiger partial charge in [0.1, 0.15) is 0 Å². The molecule has 0 aliphatic carbocycles. The summed E-state index contributed by atoms with van der Waals surface area (Å²) in [7, 11) is 0. The molecular weight excluding hydrogens is 240 g/mol. The first kappa shape index (κ1) is 9.71. The lowest BCUT2D eigenvalue weighted by Crippen LogP contribution is -2.00. The number of nitrogens with zero attached hydrogens (tertiary/aromatic N) is 2. The Morgan fingerprint density at radius 3 is 2.86 bits per heavy atom. The molecule has 0 aliphatic heterocycles. The van der Waals surface area contributed by atoms with Gasteiger partial charge in [-0.1, -0.05) is 27.6 Å². The predicted molar refractivity (Wildman–Crippen MR) is 62.8 cm³/mol. The summed E-state index contributed by atoms with van der Waals surface area (Å²) in [6.45, 7) is 5.15. The molecule has 0 N–H and O–H groups in total. The minimum Gasteiger partial charge on any atom is -0.268 e. The van der Waals surface area contributed by atoms with E-state index < -0.39 is 0 Å². The van der Waals surface area contributed by atoms with E-state index in [1.54, 1.807) is 0 Å². The van der Waals surface area contributed by atoms with Crippen molar-refractivity contribution in [2.24, 2.45) is 0 Å². The minimum absolute atomic E-state index is 0.862. The molecule has 0 bridgehead atoms. The predicted octanol–water partition coefficient (Wildman–Crippen LogP) is 3.26. The molecule has 0 fully saturated rings. The maximum absolute atomic E-state index is 4.53. The molecule has 0 atom stereocenters. The van der Waals surface area contributed by atoms with E-state index in [0.29, 0.717) is 0 Å². The minimum atomic E-state index is 0.862. The van der Waals surface area contributed by atoms with Gasteiger partial charge in [0.15, 0.2) is 0 Å². The Labute approximate surface area is 92.0 Å². The molecule has 74 valence electrons. The van der Waals surface area contributed by atoms with Gasteiger partial charge in [-0.3, -0.25) is 4.68 Å². The molecule has 2 aromatic rings. The summed E-state index contributed by atoms with van der Waals surface area (Å²) in [5.74, 6) is 0. The standard InChI is InChI=1S/C11H13BrN2/c1-3-14-11(7-12)9-6-8(2)4-5-10(9)13-14/h4-6H,3,7H2,1-2H3. The number of halogens is 1. The van der Waals surface area contributed by atoms with Crippen molar-refractivity contribution in [2.45, 2.75) is 25.7 Å². The van der Waals surface area contributed by atoms with Crippen LogP contribution in [0.1, 0.15) is 18.2 Å². The highest BCUT2D eigenvalue weighted by molar-refractivity contribution is 9.08. The van der Waals surface area contributed by atoms with Crippen LogP contribution in [-0.4, -0.2) is 9.78 Å². The number of rotatable bonds is 2. The van der Waals surface area contributed by atoms with Crippen LogP contribution >= 0.6 is 15.9 Å². The first-order valence-corrected chi connectivity index (χ1v) is 5.90. The molecule has 0 unspecified atom stereocenters. The van der Waals surface area contributed by atoms with Gasteiger partial charge in [0.25, 0.3) is 0 Å². The summed E-state index contributed by atoms with van der Waals surface area (Å²) in [5.41, 5.74) is 3.65. The van der Waals surface area contributed by atoms with E-state index in [4.69, 9.17) is 0 Å². The molecule has 0 spiro atoms. The normalized spacial score (nSPS) is 11.1. The van der Waals surface area contributed by atoms with Gasteiger partial charge >= 0.3 is 0 Å². The Hall–Kier alpha value is -0.830. The molecule has 1 aromatic carbocycles. The number of benzene rings is 1. The zero-order chi connectivity index (χ0) is 10.1. The average Bonchev–Trinajstić information content (AvgIpc) is 2.54. The highest BCUT2D eigenvalue weighted by atomic mass is 79.9. The Morgan fingerprint density at radius 1 is 1.43 bits per heavy atom. The van der Waals surface area contributed by atoms with Crippen molar-refractivity contribution >= 4 is 26.8 Å². The van der Waals surface area contributed by atoms with Gasteiger partial charge in [-0.15, -0.1) is 0 Å². The second-order valence-electron chi connectivity index (χ2n) is 3.42. The van der Waals surface area contributed by atoms with E-state index in [-0.39, 0.29) is 0 Å². The van der Waals surface area contributed by atoms with E-state index in [1.807, 2.05) is 0 Å². The van der Waals surface area contributed by atoms with Crippen molar-refractivity contribution in [1.82, 2.24) is 9.78 Å². The van der Waals surface area contributed by atoms with Crippen molar-refractivity contribution < 1.29 is 0 Å². The van der Waals surface area contributed by atoms with E-state index in [1.165, 1.54) is 16.6 Å². The molecule has 2 nitrogen and oxygen atoms in total. The molecule has 0 radical (unpaired) electrons. The summed E-state index contributed by atoms with van der Waals surface area (Å²) < 4.78 is 2.05. The first-order valence-electron chi connectivity index (χ1n) is 4.78. The topological polar surface area (TPSA) is 17.8 Å². The van der Waals surface area contributed by atoms with Crippen LogP contribution in [0.25, 0.3) is 10.9 Å². The molecule has 0 aliphatic rings. The van der Waals surface area contributed by atoms with E-state index >= 15 is 0 Å². The second-order valence-corrected chi connectivity index (χ2v) is 3.98. The van der Waals surface area contributed by atoms with Gasteiger partial charge in [-0.25, -0.2) is 0 Å². The lowest BCUT2D eigenvalue weighted by atomic mass is 10.1. The summed E-state index contributed by atoms with van der Waals surface area (Å²) in [6, 6.07) is 6.39. The molecule has 0 amide bonds. The molecule has 1 aromatic heterocycles. The monoisotopic (exact) mass is 252 g/mol. The van der Waals surface area contributed by atoms with Crippen molar-refractivity contribution in [2.75, 3.05) is 0 Å². The number of aryl methyl sites for hydroxylation is 2. The fraction of sp³-hybridized carbons (Fsp3) is 0.364. The van der Waals surface area contributed by atoms with Crippen LogP contribution in [0.2, 0.25) is 0 Å². The average molecular weight is 253 g/mol. The molecule has 0 saturated carbocycles. The second kappa shape index (κ2) is 3.73. The highest BCUT2D eigenvalue weighted by Gasteiger charge is 2.08. The van der Waals surface area contributed by atoms with Crippen molar-refractivity contribution in [3.05, 3.63) is 29.5 Å². The molecule has 0 saturated heterocycles. The van der Waals surface area contributed by atoms with Crippen LogP contribution in [0, 0.1) is 6.92 Å². The highest BCUT2D eigenvalue weighted by Crippen LogP contribution is 2.21. The molecule has 14 heavy (non-hydrogen) atoms. The largest absolute Gasteiger partial charge is 0.268 e. The Morgan fingerprint density at radius 2 is 2.21 bits per heavy atom. The maximum atomic E-state index is 4.53. The lowest BCUT2D eigenvalue weighted by molar-refractivity contribution is 0.645. The summed E-state index contributed by atoms with van der Waals surface area (Å²) in [4.78, 5) is 0. The van der Waals surface area contributed by atoms with Crippen LogP contribution in [-0.2, 0) is 11.9 Å². The third-order valence-electron chi connectivity index (χ3n) is 2.43. The number of fused-ring (bicyclic) bond motifs is 1. The smallest absolute Gasteiger partial charge is 0.0926 e. The maximum Gasteiger partial charge on any atom is 0.0926 e. The number of alkyl halides is 1. The summed E-state index contributed by atoms with van der Waals surface area (Å²) >= 11 is 3.51. The molecule has 1 heterocycles. The van der Waals surface area contributed by atoms with E-state index in [9.17, 15) is 0 Å². The summed E-state index contributed by atoms with van der Waals surface area (Å²) in [6.07, 6.45) is 0. The van der Waals surface area contributed by atoms with Crippen molar-refractivity contribution in [3.8, 4) is 0 Å². The zero-order valence-corrected chi connectivity index (χ0v) is 10.0. The first-order chi connectivity index (χ1) is 6.76.